The molecule has 23 heavy (non-hydrogen) atoms. The second-order valence-electron chi connectivity index (χ2n) is 5.57. The van der Waals surface area contributed by atoms with Crippen LogP contribution in [0.5, 0.6) is 5.75 Å². The van der Waals surface area contributed by atoms with E-state index < -0.39 is 0 Å². The maximum Gasteiger partial charge on any atom is 0.259 e. The first-order valence-electron chi connectivity index (χ1n) is 7.46. The lowest BCUT2D eigenvalue weighted by Crippen LogP contribution is -2.13. The lowest BCUT2D eigenvalue weighted by molar-refractivity contribution is 0.102. The Bertz CT molecular complexity index is 893. The molecule has 0 saturated heterocycles. The third kappa shape index (κ3) is 2.57. The highest BCUT2D eigenvalue weighted by Gasteiger charge is 2.18. The Labute approximate surface area is 135 Å². The summed E-state index contributed by atoms with van der Waals surface area (Å²) in [5.41, 5.74) is 3.81. The SMILES string of the molecule is COc1cccc(C)c1NC(=O)c1cccc2c(C)c(C)oc12. The summed E-state index contributed by atoms with van der Waals surface area (Å²) in [7, 11) is 1.59. The summed E-state index contributed by atoms with van der Waals surface area (Å²) in [6.45, 7) is 5.83. The van der Waals surface area contributed by atoms with Crippen LogP contribution in [0, 0.1) is 20.8 Å². The van der Waals surface area contributed by atoms with E-state index >= 15 is 0 Å². The van der Waals surface area contributed by atoms with Crippen molar-refractivity contribution in [3.8, 4) is 5.75 Å². The molecule has 0 unspecified atom stereocenters. The molecule has 0 radical (unpaired) electrons. The molecule has 1 heterocycles. The molecule has 4 heteroatoms. The number of furan rings is 1. The summed E-state index contributed by atoms with van der Waals surface area (Å²) in [4.78, 5) is 12.7. The van der Waals surface area contributed by atoms with Gasteiger partial charge in [0, 0.05) is 5.39 Å². The normalized spacial score (nSPS) is 10.8. The van der Waals surface area contributed by atoms with E-state index in [0.29, 0.717) is 22.6 Å². The van der Waals surface area contributed by atoms with Crippen LogP contribution in [0.1, 0.15) is 27.2 Å². The van der Waals surface area contributed by atoms with Gasteiger partial charge in [-0.25, -0.2) is 0 Å². The highest BCUT2D eigenvalue weighted by atomic mass is 16.5. The van der Waals surface area contributed by atoms with Crippen LogP contribution >= 0.6 is 0 Å². The van der Waals surface area contributed by atoms with Crippen LogP contribution in [0.25, 0.3) is 11.0 Å². The number of benzene rings is 2. The lowest BCUT2D eigenvalue weighted by Gasteiger charge is -2.13. The highest BCUT2D eigenvalue weighted by Crippen LogP contribution is 2.31. The molecule has 0 fully saturated rings. The van der Waals surface area contributed by atoms with E-state index in [1.165, 1.54) is 0 Å². The molecule has 118 valence electrons. The Hall–Kier alpha value is -2.75. The molecule has 0 saturated carbocycles. The molecule has 0 spiro atoms. The molecular formula is C19H19NO3. The quantitative estimate of drug-likeness (QED) is 0.768. The molecule has 0 aliphatic rings. The van der Waals surface area contributed by atoms with Crippen LogP contribution in [0.3, 0.4) is 0 Å². The lowest BCUT2D eigenvalue weighted by atomic mass is 10.1. The van der Waals surface area contributed by atoms with Gasteiger partial charge in [0.25, 0.3) is 5.91 Å². The number of hydrogen-bond acceptors (Lipinski definition) is 3. The van der Waals surface area contributed by atoms with Crippen molar-refractivity contribution in [1.82, 2.24) is 0 Å². The third-order valence-corrected chi connectivity index (χ3v) is 4.14. The monoisotopic (exact) mass is 309 g/mol. The van der Waals surface area contributed by atoms with Gasteiger partial charge in [-0.15, -0.1) is 0 Å². The summed E-state index contributed by atoms with van der Waals surface area (Å²) < 4.78 is 11.1. The van der Waals surface area contributed by atoms with Crippen molar-refractivity contribution in [2.75, 3.05) is 12.4 Å². The summed E-state index contributed by atoms with van der Waals surface area (Å²) in [6.07, 6.45) is 0. The molecule has 0 aliphatic heterocycles. The summed E-state index contributed by atoms with van der Waals surface area (Å²) in [6, 6.07) is 11.2. The van der Waals surface area contributed by atoms with Gasteiger partial charge >= 0.3 is 0 Å². The summed E-state index contributed by atoms with van der Waals surface area (Å²) in [5.74, 6) is 1.25. The van der Waals surface area contributed by atoms with Gasteiger partial charge in [-0.05, 0) is 44.0 Å². The molecule has 3 rings (SSSR count). The van der Waals surface area contributed by atoms with Crippen molar-refractivity contribution in [2.45, 2.75) is 20.8 Å². The van der Waals surface area contributed by atoms with Gasteiger partial charge in [0.05, 0.1) is 18.4 Å². The maximum atomic E-state index is 12.7. The minimum atomic E-state index is -0.211. The van der Waals surface area contributed by atoms with E-state index in [0.717, 1.165) is 22.3 Å². The molecule has 4 nitrogen and oxygen atoms in total. The van der Waals surface area contributed by atoms with Crippen LogP contribution in [-0.2, 0) is 0 Å². The molecule has 0 aliphatic carbocycles. The van der Waals surface area contributed by atoms with Crippen LogP contribution < -0.4 is 10.1 Å². The maximum absolute atomic E-state index is 12.7. The summed E-state index contributed by atoms with van der Waals surface area (Å²) >= 11 is 0. The topological polar surface area (TPSA) is 51.5 Å². The van der Waals surface area contributed by atoms with Gasteiger partial charge in [-0.3, -0.25) is 4.79 Å². The Balaban J connectivity index is 2.04. The van der Waals surface area contributed by atoms with E-state index in [1.54, 1.807) is 13.2 Å². The fourth-order valence-electron chi connectivity index (χ4n) is 2.69. The number of rotatable bonds is 3. The minimum Gasteiger partial charge on any atom is -0.495 e. The Morgan fingerprint density at radius 1 is 1.09 bits per heavy atom. The number of methoxy groups -OCH3 is 1. The number of carbonyl (C=O) groups is 1. The van der Waals surface area contributed by atoms with Crippen molar-refractivity contribution < 1.29 is 13.9 Å². The number of aryl methyl sites for hydroxylation is 3. The van der Waals surface area contributed by atoms with Crippen LogP contribution in [0.4, 0.5) is 5.69 Å². The molecule has 0 bridgehead atoms. The van der Waals surface area contributed by atoms with E-state index in [-0.39, 0.29) is 5.91 Å². The van der Waals surface area contributed by atoms with E-state index in [1.807, 2.05) is 51.1 Å². The zero-order valence-electron chi connectivity index (χ0n) is 13.7. The fraction of sp³-hybridized carbons (Fsp3) is 0.211. The number of carbonyl (C=O) groups excluding carboxylic acids is 1. The zero-order chi connectivity index (χ0) is 16.6. The average Bonchev–Trinajstić information content (AvgIpc) is 2.84. The van der Waals surface area contributed by atoms with Crippen molar-refractivity contribution in [3.63, 3.8) is 0 Å². The second-order valence-corrected chi connectivity index (χ2v) is 5.57. The van der Waals surface area contributed by atoms with Crippen LogP contribution in [-0.4, -0.2) is 13.0 Å². The van der Waals surface area contributed by atoms with Crippen molar-refractivity contribution in [1.29, 1.82) is 0 Å². The minimum absolute atomic E-state index is 0.211. The number of para-hydroxylation sites is 2. The first kappa shape index (κ1) is 15.2. The number of amides is 1. The van der Waals surface area contributed by atoms with Gasteiger partial charge in [0.1, 0.15) is 17.1 Å². The van der Waals surface area contributed by atoms with E-state index in [9.17, 15) is 4.79 Å². The third-order valence-electron chi connectivity index (χ3n) is 4.14. The molecule has 0 atom stereocenters. The van der Waals surface area contributed by atoms with Crippen LogP contribution in [0.15, 0.2) is 40.8 Å². The number of nitrogens with one attached hydrogen (secondary N) is 1. The fourth-order valence-corrected chi connectivity index (χ4v) is 2.69. The predicted molar refractivity (Wildman–Crippen MR) is 91.4 cm³/mol. The van der Waals surface area contributed by atoms with Crippen molar-refractivity contribution in [2.24, 2.45) is 0 Å². The predicted octanol–water partition coefficient (Wildman–Crippen LogP) is 4.62. The number of ether oxygens (including phenoxy) is 1. The largest absolute Gasteiger partial charge is 0.495 e. The molecular weight excluding hydrogens is 290 g/mol. The Morgan fingerprint density at radius 3 is 2.57 bits per heavy atom. The summed E-state index contributed by atoms with van der Waals surface area (Å²) in [5, 5.41) is 3.91. The van der Waals surface area contributed by atoms with Gasteiger partial charge in [0.2, 0.25) is 0 Å². The number of hydrogen-bond donors (Lipinski definition) is 1. The highest BCUT2D eigenvalue weighted by molar-refractivity contribution is 6.12. The molecule has 1 amide bonds. The van der Waals surface area contributed by atoms with Gasteiger partial charge in [0.15, 0.2) is 0 Å². The average molecular weight is 309 g/mol. The standard InChI is InChI=1S/C19H19NO3/c1-11-7-5-10-16(22-4)17(11)20-19(21)15-9-6-8-14-12(2)13(3)23-18(14)15/h5-10H,1-4H3,(H,20,21). The number of fused-ring (bicyclic) bond motifs is 1. The first-order chi connectivity index (χ1) is 11.0. The van der Waals surface area contributed by atoms with Gasteiger partial charge in [-0.1, -0.05) is 24.3 Å². The van der Waals surface area contributed by atoms with E-state index in [2.05, 4.69) is 5.32 Å². The smallest absolute Gasteiger partial charge is 0.259 e. The zero-order valence-corrected chi connectivity index (χ0v) is 13.7. The molecule has 1 N–H and O–H groups in total. The van der Waals surface area contributed by atoms with E-state index in [4.69, 9.17) is 9.15 Å². The number of anilines is 1. The Morgan fingerprint density at radius 2 is 1.83 bits per heavy atom. The molecule has 3 aromatic rings. The molecule has 1 aromatic heterocycles. The van der Waals surface area contributed by atoms with Crippen molar-refractivity contribution >= 4 is 22.6 Å². The second kappa shape index (κ2) is 5.80. The van der Waals surface area contributed by atoms with Gasteiger partial charge < -0.3 is 14.5 Å². The van der Waals surface area contributed by atoms with Gasteiger partial charge in [-0.2, -0.15) is 0 Å². The molecule has 2 aromatic carbocycles. The Kier molecular flexibility index (Phi) is 3.82. The van der Waals surface area contributed by atoms with Crippen molar-refractivity contribution in [3.05, 3.63) is 58.8 Å². The first-order valence-corrected chi connectivity index (χ1v) is 7.46. The van der Waals surface area contributed by atoms with Crippen LogP contribution in [0.2, 0.25) is 0 Å².